The number of amides is 1. The van der Waals surface area contributed by atoms with Gasteiger partial charge in [-0.2, -0.15) is 5.10 Å². The van der Waals surface area contributed by atoms with Gasteiger partial charge in [0.1, 0.15) is 5.69 Å². The van der Waals surface area contributed by atoms with Gasteiger partial charge in [0, 0.05) is 41.5 Å². The van der Waals surface area contributed by atoms with Crippen LogP contribution in [0.3, 0.4) is 0 Å². The molecule has 1 amide bonds. The van der Waals surface area contributed by atoms with Crippen molar-refractivity contribution in [1.82, 2.24) is 14.8 Å². The standard InChI is InChI=1S/C24H20N4O/c1-18-8-5-6-12-22(18)26-23(29)14-13-20-17-28(21-10-3-2-4-11-21)27-24(20)19-9-7-15-25-16-19/h2-17H,1H3,(H,26,29)/b14-13+. The van der Waals surface area contributed by atoms with E-state index in [-0.39, 0.29) is 5.91 Å². The lowest BCUT2D eigenvalue weighted by atomic mass is 10.1. The second kappa shape index (κ2) is 8.35. The monoisotopic (exact) mass is 380 g/mol. The molecule has 2 aromatic carbocycles. The van der Waals surface area contributed by atoms with Crippen LogP contribution in [0.2, 0.25) is 0 Å². The summed E-state index contributed by atoms with van der Waals surface area (Å²) in [4.78, 5) is 16.6. The maximum Gasteiger partial charge on any atom is 0.248 e. The SMILES string of the molecule is Cc1ccccc1NC(=O)/C=C/c1cn(-c2ccccc2)nc1-c1cccnc1. The van der Waals surface area contributed by atoms with E-state index < -0.39 is 0 Å². The van der Waals surface area contributed by atoms with Gasteiger partial charge in [0.25, 0.3) is 0 Å². The third-order valence-electron chi connectivity index (χ3n) is 4.52. The van der Waals surface area contributed by atoms with Crippen molar-refractivity contribution in [2.24, 2.45) is 0 Å². The number of anilines is 1. The lowest BCUT2D eigenvalue weighted by molar-refractivity contribution is -0.111. The molecule has 5 heteroatoms. The number of aryl methyl sites for hydroxylation is 1. The van der Waals surface area contributed by atoms with E-state index in [9.17, 15) is 4.79 Å². The lowest BCUT2D eigenvalue weighted by Crippen LogP contribution is -2.08. The van der Waals surface area contributed by atoms with Crippen LogP contribution in [0.1, 0.15) is 11.1 Å². The van der Waals surface area contributed by atoms with Gasteiger partial charge in [-0.15, -0.1) is 0 Å². The Morgan fingerprint density at radius 2 is 1.79 bits per heavy atom. The smallest absolute Gasteiger partial charge is 0.248 e. The zero-order valence-corrected chi connectivity index (χ0v) is 16.0. The van der Waals surface area contributed by atoms with E-state index in [1.54, 1.807) is 23.2 Å². The van der Waals surface area contributed by atoms with Gasteiger partial charge in [-0.05, 0) is 48.9 Å². The van der Waals surface area contributed by atoms with Crippen molar-refractivity contribution < 1.29 is 4.79 Å². The molecule has 0 unspecified atom stereocenters. The Balaban J connectivity index is 1.65. The zero-order chi connectivity index (χ0) is 20.1. The van der Waals surface area contributed by atoms with Crippen LogP contribution in [-0.4, -0.2) is 20.7 Å². The summed E-state index contributed by atoms with van der Waals surface area (Å²) in [6.45, 7) is 1.96. The summed E-state index contributed by atoms with van der Waals surface area (Å²) >= 11 is 0. The van der Waals surface area contributed by atoms with Gasteiger partial charge in [0.2, 0.25) is 5.91 Å². The summed E-state index contributed by atoms with van der Waals surface area (Å²) in [5, 5.41) is 7.63. The molecule has 2 heterocycles. The Kier molecular flexibility index (Phi) is 5.29. The van der Waals surface area contributed by atoms with E-state index in [4.69, 9.17) is 5.10 Å². The number of hydrogen-bond acceptors (Lipinski definition) is 3. The molecule has 1 N–H and O–H groups in total. The van der Waals surface area contributed by atoms with Crippen molar-refractivity contribution >= 4 is 17.7 Å². The van der Waals surface area contributed by atoms with Crippen molar-refractivity contribution in [2.75, 3.05) is 5.32 Å². The zero-order valence-electron chi connectivity index (χ0n) is 16.0. The summed E-state index contributed by atoms with van der Waals surface area (Å²) in [6, 6.07) is 21.4. The molecule has 0 bridgehead atoms. The molecule has 0 fully saturated rings. The molecule has 0 saturated carbocycles. The number of nitrogens with one attached hydrogen (secondary N) is 1. The van der Waals surface area contributed by atoms with Crippen molar-refractivity contribution in [2.45, 2.75) is 6.92 Å². The fourth-order valence-corrected chi connectivity index (χ4v) is 3.00. The minimum absolute atomic E-state index is 0.191. The molecule has 0 atom stereocenters. The molecule has 0 radical (unpaired) electrons. The predicted molar refractivity (Wildman–Crippen MR) is 116 cm³/mol. The molecule has 5 nitrogen and oxygen atoms in total. The summed E-state index contributed by atoms with van der Waals surface area (Å²) in [6.07, 6.45) is 8.71. The molecular weight excluding hydrogens is 360 g/mol. The van der Waals surface area contributed by atoms with Gasteiger partial charge in [-0.3, -0.25) is 9.78 Å². The molecule has 0 aliphatic heterocycles. The summed E-state index contributed by atoms with van der Waals surface area (Å²) in [7, 11) is 0. The quantitative estimate of drug-likeness (QED) is 0.501. The molecule has 142 valence electrons. The number of pyridine rings is 1. The second-order valence-electron chi connectivity index (χ2n) is 6.59. The maximum atomic E-state index is 12.4. The van der Waals surface area contributed by atoms with Crippen molar-refractivity contribution in [3.05, 3.63) is 103 Å². The molecule has 0 spiro atoms. The van der Waals surface area contributed by atoms with Crippen LogP contribution in [0, 0.1) is 6.92 Å². The first-order chi connectivity index (χ1) is 14.2. The van der Waals surface area contributed by atoms with Crippen LogP contribution in [-0.2, 0) is 4.79 Å². The fourth-order valence-electron chi connectivity index (χ4n) is 3.00. The number of benzene rings is 2. The summed E-state index contributed by atoms with van der Waals surface area (Å²) < 4.78 is 1.81. The molecule has 0 saturated heterocycles. The molecule has 0 aliphatic carbocycles. The molecule has 4 rings (SSSR count). The van der Waals surface area contributed by atoms with Gasteiger partial charge in [0.05, 0.1) is 5.69 Å². The Bertz CT molecular complexity index is 1150. The first kappa shape index (κ1) is 18.4. The predicted octanol–water partition coefficient (Wildman–Crippen LogP) is 4.89. The second-order valence-corrected chi connectivity index (χ2v) is 6.59. The molecular formula is C24H20N4O. The average molecular weight is 380 g/mol. The van der Waals surface area contributed by atoms with Crippen LogP contribution in [0.15, 0.2) is 91.4 Å². The number of rotatable bonds is 5. The van der Waals surface area contributed by atoms with Crippen LogP contribution in [0.4, 0.5) is 5.69 Å². The molecule has 0 aliphatic rings. The van der Waals surface area contributed by atoms with Crippen LogP contribution < -0.4 is 5.32 Å². The highest BCUT2D eigenvalue weighted by molar-refractivity contribution is 6.02. The van der Waals surface area contributed by atoms with Crippen LogP contribution in [0.5, 0.6) is 0 Å². The highest BCUT2D eigenvalue weighted by Gasteiger charge is 2.11. The van der Waals surface area contributed by atoms with E-state index in [0.29, 0.717) is 0 Å². The number of para-hydroxylation sites is 2. The third-order valence-corrected chi connectivity index (χ3v) is 4.52. The van der Waals surface area contributed by atoms with Gasteiger partial charge in [-0.25, -0.2) is 4.68 Å². The third kappa shape index (κ3) is 4.30. The minimum atomic E-state index is -0.191. The maximum absolute atomic E-state index is 12.4. The first-order valence-electron chi connectivity index (χ1n) is 9.31. The van der Waals surface area contributed by atoms with Crippen LogP contribution in [0.25, 0.3) is 23.0 Å². The normalized spacial score (nSPS) is 10.9. The minimum Gasteiger partial charge on any atom is -0.322 e. The van der Waals surface area contributed by atoms with E-state index >= 15 is 0 Å². The van der Waals surface area contributed by atoms with Crippen molar-refractivity contribution in [1.29, 1.82) is 0 Å². The summed E-state index contributed by atoms with van der Waals surface area (Å²) in [5.74, 6) is -0.191. The van der Waals surface area contributed by atoms with Crippen molar-refractivity contribution in [3.8, 4) is 16.9 Å². The largest absolute Gasteiger partial charge is 0.322 e. The van der Waals surface area contributed by atoms with E-state index in [2.05, 4.69) is 10.3 Å². The number of nitrogens with zero attached hydrogens (tertiary/aromatic N) is 3. The van der Waals surface area contributed by atoms with E-state index in [1.165, 1.54) is 6.08 Å². The Hall–Kier alpha value is -3.99. The van der Waals surface area contributed by atoms with Gasteiger partial charge >= 0.3 is 0 Å². The number of hydrogen-bond donors (Lipinski definition) is 1. The Morgan fingerprint density at radius 1 is 1.00 bits per heavy atom. The summed E-state index contributed by atoms with van der Waals surface area (Å²) in [5.41, 5.74) is 5.25. The number of carbonyl (C=O) groups excluding carboxylic acids is 1. The van der Waals surface area contributed by atoms with Crippen molar-refractivity contribution in [3.63, 3.8) is 0 Å². The first-order valence-corrected chi connectivity index (χ1v) is 9.31. The Morgan fingerprint density at radius 3 is 2.55 bits per heavy atom. The van der Waals surface area contributed by atoms with Crippen LogP contribution >= 0.6 is 0 Å². The molecule has 29 heavy (non-hydrogen) atoms. The van der Waals surface area contributed by atoms with Gasteiger partial charge in [0.15, 0.2) is 0 Å². The van der Waals surface area contributed by atoms with E-state index in [1.807, 2.05) is 79.9 Å². The topological polar surface area (TPSA) is 59.8 Å². The molecule has 2 aromatic heterocycles. The average Bonchev–Trinajstić information content (AvgIpc) is 3.20. The van der Waals surface area contributed by atoms with Gasteiger partial charge < -0.3 is 5.32 Å². The number of carbonyl (C=O) groups is 1. The lowest BCUT2D eigenvalue weighted by Gasteiger charge is -2.05. The highest BCUT2D eigenvalue weighted by Crippen LogP contribution is 2.24. The van der Waals surface area contributed by atoms with E-state index in [0.717, 1.165) is 33.8 Å². The number of aromatic nitrogens is 3. The highest BCUT2D eigenvalue weighted by atomic mass is 16.1. The van der Waals surface area contributed by atoms with Gasteiger partial charge in [-0.1, -0.05) is 36.4 Å². The fraction of sp³-hybridized carbons (Fsp3) is 0.0417. The Labute approximate surface area is 169 Å². The molecule has 4 aromatic rings.